The molecule has 2 aliphatic carbocycles. The zero-order valence-electron chi connectivity index (χ0n) is 21.5. The van der Waals surface area contributed by atoms with Gasteiger partial charge in [-0.25, -0.2) is 8.42 Å². The van der Waals surface area contributed by atoms with Crippen molar-refractivity contribution in [3.8, 4) is 11.9 Å². The van der Waals surface area contributed by atoms with Crippen LogP contribution in [-0.2, 0) is 10.0 Å². The molecule has 1 aromatic rings. The highest BCUT2D eigenvalue weighted by molar-refractivity contribution is 7.93. The molecule has 1 N–H and O–H groups in total. The number of hydrogen-bond acceptors (Lipinski definition) is 8. The third kappa shape index (κ3) is 5.57. The lowest BCUT2D eigenvalue weighted by molar-refractivity contribution is 0.0581. The number of rotatable bonds is 8. The smallest absolute Gasteiger partial charge is 0.245 e. The molecule has 9 nitrogen and oxygen atoms in total. The molecule has 0 atom stereocenters. The Bertz CT molecular complexity index is 1070. The summed E-state index contributed by atoms with van der Waals surface area (Å²) in [6.45, 7) is 3.72. The Morgan fingerprint density at radius 3 is 2.42 bits per heavy atom. The molecule has 0 bridgehead atoms. The first-order chi connectivity index (χ1) is 17.4. The molecule has 0 aromatic carbocycles. The maximum atomic E-state index is 12.9. The minimum atomic E-state index is -3.47. The van der Waals surface area contributed by atoms with Crippen LogP contribution in [0.5, 0.6) is 5.88 Å². The number of nitrogens with one attached hydrogen (secondary N) is 1. The first-order valence-corrected chi connectivity index (χ1v) is 15.4. The second-order valence-electron chi connectivity index (χ2n) is 11.5. The van der Waals surface area contributed by atoms with Crippen LogP contribution in [0.3, 0.4) is 0 Å². The number of nitriles is 1. The van der Waals surface area contributed by atoms with Crippen LogP contribution in [0.2, 0.25) is 0 Å². The first-order valence-electron chi connectivity index (χ1n) is 13.8. The predicted molar refractivity (Wildman–Crippen MR) is 140 cm³/mol. The number of ether oxygens (including phenoxy) is 1. The van der Waals surface area contributed by atoms with E-state index in [1.807, 2.05) is 6.07 Å². The van der Waals surface area contributed by atoms with Crippen LogP contribution < -0.4 is 14.4 Å². The van der Waals surface area contributed by atoms with Crippen LogP contribution in [-0.4, -0.2) is 68.9 Å². The largest absolute Gasteiger partial charge is 0.476 e. The number of piperidine rings is 1. The predicted octanol–water partition coefficient (Wildman–Crippen LogP) is 3.77. The maximum Gasteiger partial charge on any atom is 0.245 e. The van der Waals surface area contributed by atoms with E-state index in [1.165, 1.54) is 49.3 Å². The van der Waals surface area contributed by atoms with E-state index >= 15 is 0 Å². The highest BCUT2D eigenvalue weighted by atomic mass is 32.2. The summed E-state index contributed by atoms with van der Waals surface area (Å²) in [7, 11) is -1.32. The lowest BCUT2D eigenvalue weighted by Crippen LogP contribution is -2.35. The fourth-order valence-electron chi connectivity index (χ4n) is 6.41. The summed E-state index contributed by atoms with van der Waals surface area (Å²) >= 11 is 0. The Morgan fingerprint density at radius 2 is 1.81 bits per heavy atom. The normalized spacial score (nSPS) is 24.4. The van der Waals surface area contributed by atoms with Crippen molar-refractivity contribution in [2.24, 2.45) is 17.3 Å². The average Bonchev–Trinajstić information content (AvgIpc) is 3.21. The molecular formula is C26H40N6O3S. The van der Waals surface area contributed by atoms with Gasteiger partial charge in [-0.2, -0.15) is 15.2 Å². The summed E-state index contributed by atoms with van der Waals surface area (Å²) < 4.78 is 33.3. The first kappa shape index (κ1) is 25.5. The Hall–Kier alpha value is -2.12. The summed E-state index contributed by atoms with van der Waals surface area (Å²) in [5, 5.41) is 13.0. The topological polar surface area (TPSA) is 111 Å². The van der Waals surface area contributed by atoms with Gasteiger partial charge in [0.2, 0.25) is 21.7 Å². The Kier molecular flexibility index (Phi) is 7.59. The second kappa shape index (κ2) is 10.7. The second-order valence-corrected chi connectivity index (χ2v) is 13.5. The third-order valence-electron chi connectivity index (χ3n) is 9.04. The number of aromatic nitrogens is 2. The summed E-state index contributed by atoms with van der Waals surface area (Å²) in [5.41, 5.74) is 0.976. The summed E-state index contributed by atoms with van der Waals surface area (Å²) in [6.07, 6.45) is 12.8. The summed E-state index contributed by atoms with van der Waals surface area (Å²) in [4.78, 5) is 11.1. The fraction of sp³-hybridized carbons (Fsp3) is 0.808. The zero-order chi connectivity index (χ0) is 25.2. The van der Waals surface area contributed by atoms with Crippen LogP contribution in [0.1, 0.15) is 76.5 Å². The average molecular weight is 517 g/mol. The highest BCUT2D eigenvalue weighted by Gasteiger charge is 2.40. The van der Waals surface area contributed by atoms with Gasteiger partial charge >= 0.3 is 0 Å². The van der Waals surface area contributed by atoms with Crippen molar-refractivity contribution in [1.82, 2.24) is 14.9 Å². The fourth-order valence-corrected chi connectivity index (χ4v) is 7.97. The van der Waals surface area contributed by atoms with Crippen molar-refractivity contribution in [3.63, 3.8) is 0 Å². The van der Waals surface area contributed by atoms with E-state index in [-0.39, 0.29) is 17.5 Å². The van der Waals surface area contributed by atoms with Gasteiger partial charge < -0.3 is 15.0 Å². The van der Waals surface area contributed by atoms with Crippen LogP contribution in [0.15, 0.2) is 0 Å². The summed E-state index contributed by atoms with van der Waals surface area (Å²) in [6, 6.07) is 2.04. The molecule has 4 aliphatic rings. The molecule has 3 heterocycles. The molecule has 2 saturated carbocycles. The third-order valence-corrected chi connectivity index (χ3v) is 10.9. The number of nitrogens with zero attached hydrogens (tertiary/aromatic N) is 5. The van der Waals surface area contributed by atoms with E-state index in [4.69, 9.17) is 4.74 Å². The van der Waals surface area contributed by atoms with Gasteiger partial charge in [-0.3, -0.25) is 4.31 Å². The van der Waals surface area contributed by atoms with Crippen LogP contribution in [0.4, 0.5) is 11.5 Å². The van der Waals surface area contributed by atoms with Crippen LogP contribution >= 0.6 is 0 Å². The van der Waals surface area contributed by atoms with E-state index < -0.39 is 10.0 Å². The van der Waals surface area contributed by atoms with Crippen molar-refractivity contribution >= 4 is 21.5 Å². The van der Waals surface area contributed by atoms with Gasteiger partial charge in [-0.15, -0.1) is 0 Å². The molecule has 5 rings (SSSR count). The van der Waals surface area contributed by atoms with Crippen molar-refractivity contribution in [2.75, 3.05) is 55.2 Å². The zero-order valence-corrected chi connectivity index (χ0v) is 22.4. The highest BCUT2D eigenvalue weighted by Crippen LogP contribution is 2.52. The Morgan fingerprint density at radius 1 is 1.06 bits per heavy atom. The lowest BCUT2D eigenvalue weighted by atomic mass is 9.59. The molecule has 0 radical (unpaired) electrons. The minimum absolute atomic E-state index is 0.00389. The molecule has 0 amide bonds. The van der Waals surface area contributed by atoms with Crippen molar-refractivity contribution in [1.29, 1.82) is 5.26 Å². The van der Waals surface area contributed by atoms with Crippen molar-refractivity contribution in [3.05, 3.63) is 5.82 Å². The molecule has 2 aliphatic heterocycles. The van der Waals surface area contributed by atoms with E-state index in [1.54, 1.807) is 0 Å². The van der Waals surface area contributed by atoms with Gasteiger partial charge in [-0.05, 0) is 102 Å². The molecule has 10 heteroatoms. The SMILES string of the molecule is CN1CCC(CCOc2nc(C#N)nc(NCC3CCC4(CCC4)CC3)c2N2CCCS2(=O)=O)CC1. The minimum Gasteiger partial charge on any atom is -0.476 e. The molecule has 1 aromatic heterocycles. The molecule has 2 saturated heterocycles. The van der Waals surface area contributed by atoms with E-state index in [0.717, 1.165) is 32.4 Å². The van der Waals surface area contributed by atoms with Crippen LogP contribution in [0.25, 0.3) is 0 Å². The van der Waals surface area contributed by atoms with Gasteiger partial charge in [0.05, 0.1) is 12.4 Å². The summed E-state index contributed by atoms with van der Waals surface area (Å²) in [5.74, 6) is 1.83. The molecular weight excluding hydrogens is 476 g/mol. The number of hydrogen-bond donors (Lipinski definition) is 1. The van der Waals surface area contributed by atoms with Gasteiger partial charge in [0, 0.05) is 13.1 Å². The van der Waals surface area contributed by atoms with E-state index in [9.17, 15) is 13.7 Å². The number of anilines is 2. The molecule has 1 spiro atoms. The molecule has 0 unspecified atom stereocenters. The molecule has 4 fully saturated rings. The maximum absolute atomic E-state index is 12.9. The van der Waals surface area contributed by atoms with Crippen LogP contribution in [0, 0.1) is 28.6 Å². The monoisotopic (exact) mass is 516 g/mol. The van der Waals surface area contributed by atoms with Gasteiger partial charge in [0.1, 0.15) is 6.07 Å². The van der Waals surface area contributed by atoms with Crippen molar-refractivity contribution < 1.29 is 13.2 Å². The van der Waals surface area contributed by atoms with E-state index in [2.05, 4.69) is 27.2 Å². The Balaban J connectivity index is 1.32. The number of sulfonamides is 1. The Labute approximate surface area is 215 Å². The standard InChI is InChI=1S/C26H40N6O3S/c1-31-14-6-20(7-15-31)8-16-35-25-23(32-13-3-17-36(32,33)34)24(29-22(18-27)30-25)28-19-21-4-11-26(12-5-21)9-2-10-26/h20-21H,2-17,19H2,1H3,(H,28,29,30). The lowest BCUT2D eigenvalue weighted by Gasteiger charge is -2.47. The quantitative estimate of drug-likeness (QED) is 0.556. The molecule has 198 valence electrons. The number of likely N-dealkylation sites (tertiary alicyclic amines) is 1. The van der Waals surface area contributed by atoms with Gasteiger partial charge in [-0.1, -0.05) is 6.42 Å². The van der Waals surface area contributed by atoms with Gasteiger partial charge in [0.25, 0.3) is 0 Å². The van der Waals surface area contributed by atoms with Gasteiger partial charge in [0.15, 0.2) is 11.5 Å². The van der Waals surface area contributed by atoms with E-state index in [0.29, 0.717) is 54.9 Å². The van der Waals surface area contributed by atoms with Crippen molar-refractivity contribution in [2.45, 2.75) is 70.6 Å². The molecule has 36 heavy (non-hydrogen) atoms.